The number of carbonyl (C=O) groups excluding carboxylic acids is 1. The van der Waals surface area contributed by atoms with E-state index in [2.05, 4.69) is 48.3 Å². The quantitative estimate of drug-likeness (QED) is 0.598. The Balaban J connectivity index is 1.33. The van der Waals surface area contributed by atoms with Crippen LogP contribution in [-0.2, 0) is 24.2 Å². The van der Waals surface area contributed by atoms with Crippen LogP contribution in [0.2, 0.25) is 0 Å². The average Bonchev–Trinajstić information content (AvgIpc) is 3.40. The molecular formula is C26H28N2O3S. The van der Waals surface area contributed by atoms with Gasteiger partial charge in [0.1, 0.15) is 0 Å². The first-order valence-electron chi connectivity index (χ1n) is 11.2. The van der Waals surface area contributed by atoms with E-state index in [4.69, 9.17) is 9.47 Å². The minimum absolute atomic E-state index is 0.0380. The summed E-state index contributed by atoms with van der Waals surface area (Å²) < 4.78 is 10.8. The second kappa shape index (κ2) is 8.96. The Labute approximate surface area is 193 Å². The number of amides is 1. The fourth-order valence-corrected chi connectivity index (χ4v) is 6.28. The van der Waals surface area contributed by atoms with Crippen molar-refractivity contribution in [3.05, 3.63) is 80.5 Å². The van der Waals surface area contributed by atoms with Gasteiger partial charge in [0.25, 0.3) is 0 Å². The van der Waals surface area contributed by atoms with E-state index >= 15 is 0 Å². The van der Waals surface area contributed by atoms with Crippen LogP contribution >= 0.6 is 11.3 Å². The predicted molar refractivity (Wildman–Crippen MR) is 126 cm³/mol. The summed E-state index contributed by atoms with van der Waals surface area (Å²) >= 11 is 1.90. The third-order valence-corrected chi connectivity index (χ3v) is 7.60. The molecule has 6 heteroatoms. The number of aryl methyl sites for hydroxylation is 1. The second-order valence-corrected chi connectivity index (χ2v) is 9.59. The normalized spacial score (nSPS) is 17.2. The van der Waals surface area contributed by atoms with E-state index in [1.165, 1.54) is 26.4 Å². The van der Waals surface area contributed by atoms with Crippen LogP contribution in [0.1, 0.15) is 45.0 Å². The van der Waals surface area contributed by atoms with Crippen LogP contribution in [0.3, 0.4) is 0 Å². The largest absolute Gasteiger partial charge is 0.454 e. The zero-order valence-corrected chi connectivity index (χ0v) is 19.3. The van der Waals surface area contributed by atoms with Gasteiger partial charge in [-0.1, -0.05) is 43.3 Å². The lowest BCUT2D eigenvalue weighted by atomic mass is 9.91. The average molecular weight is 449 g/mol. The van der Waals surface area contributed by atoms with Crippen LogP contribution in [0.5, 0.6) is 11.5 Å². The molecule has 5 rings (SSSR count). The first kappa shape index (κ1) is 21.0. The number of carbonyl (C=O) groups is 1. The van der Waals surface area contributed by atoms with Crippen LogP contribution in [0.15, 0.2) is 48.5 Å². The highest BCUT2D eigenvalue weighted by Crippen LogP contribution is 2.42. The molecule has 0 fully saturated rings. The van der Waals surface area contributed by atoms with Crippen molar-refractivity contribution < 1.29 is 14.3 Å². The Bertz CT molecular complexity index is 1130. The molecule has 166 valence electrons. The number of benzene rings is 2. The molecule has 1 aromatic heterocycles. The first-order chi connectivity index (χ1) is 15.6. The van der Waals surface area contributed by atoms with Gasteiger partial charge in [-0.3, -0.25) is 9.69 Å². The maximum atomic E-state index is 12.9. The highest BCUT2D eigenvalue weighted by Gasteiger charge is 2.33. The number of hydrogen-bond acceptors (Lipinski definition) is 5. The van der Waals surface area contributed by atoms with E-state index in [-0.39, 0.29) is 18.7 Å². The zero-order valence-electron chi connectivity index (χ0n) is 18.5. The molecule has 2 aliphatic heterocycles. The van der Waals surface area contributed by atoms with Crippen molar-refractivity contribution in [3.8, 4) is 11.5 Å². The molecule has 0 saturated carbocycles. The van der Waals surface area contributed by atoms with Gasteiger partial charge in [-0.15, -0.1) is 11.3 Å². The van der Waals surface area contributed by atoms with Gasteiger partial charge in [-0.25, -0.2) is 0 Å². The molecule has 0 bridgehead atoms. The number of ether oxygens (including phenoxy) is 2. The van der Waals surface area contributed by atoms with Gasteiger partial charge in [0.2, 0.25) is 12.7 Å². The van der Waals surface area contributed by atoms with Gasteiger partial charge in [0, 0.05) is 22.8 Å². The molecular weight excluding hydrogens is 420 g/mol. The van der Waals surface area contributed by atoms with Crippen molar-refractivity contribution in [1.82, 2.24) is 10.2 Å². The summed E-state index contributed by atoms with van der Waals surface area (Å²) in [6.07, 6.45) is 2.07. The Morgan fingerprint density at radius 1 is 1.16 bits per heavy atom. The van der Waals surface area contributed by atoms with E-state index in [0.717, 1.165) is 36.4 Å². The molecule has 0 saturated heterocycles. The minimum Gasteiger partial charge on any atom is -0.454 e. The topological polar surface area (TPSA) is 50.8 Å². The molecule has 1 amide bonds. The Morgan fingerprint density at radius 3 is 2.78 bits per heavy atom. The Morgan fingerprint density at radius 2 is 1.97 bits per heavy atom. The van der Waals surface area contributed by atoms with Gasteiger partial charge in [-0.2, -0.15) is 0 Å². The summed E-state index contributed by atoms with van der Waals surface area (Å²) in [5.41, 5.74) is 5.25. The number of fused-ring (bicyclic) bond motifs is 2. The van der Waals surface area contributed by atoms with Gasteiger partial charge in [-0.05, 0) is 54.2 Å². The molecule has 1 unspecified atom stereocenters. The standard InChI is InChI=1S/C26H28N2O3S/c1-3-20-17(2)32-26-21(20)11-12-28(25(26)19-7-5-4-6-8-19)15-24(29)27-14-18-9-10-22-23(13-18)31-16-30-22/h4-10,13,25H,3,11-12,14-16H2,1-2H3,(H,27,29). The second-order valence-electron chi connectivity index (χ2n) is 8.33. The maximum Gasteiger partial charge on any atom is 0.234 e. The van der Waals surface area contributed by atoms with Crippen molar-refractivity contribution >= 4 is 17.2 Å². The van der Waals surface area contributed by atoms with E-state index in [0.29, 0.717) is 13.1 Å². The molecule has 32 heavy (non-hydrogen) atoms. The number of hydrogen-bond donors (Lipinski definition) is 1. The highest BCUT2D eigenvalue weighted by molar-refractivity contribution is 7.12. The number of thiophene rings is 1. The van der Waals surface area contributed by atoms with Crippen molar-refractivity contribution in [2.24, 2.45) is 0 Å². The van der Waals surface area contributed by atoms with Crippen LogP contribution in [0, 0.1) is 6.92 Å². The minimum atomic E-state index is 0.0380. The van der Waals surface area contributed by atoms with Gasteiger partial charge in [0.05, 0.1) is 12.6 Å². The third-order valence-electron chi connectivity index (χ3n) is 6.35. The summed E-state index contributed by atoms with van der Waals surface area (Å²) in [5, 5.41) is 3.09. The molecule has 0 aliphatic carbocycles. The molecule has 5 nitrogen and oxygen atoms in total. The SMILES string of the molecule is CCc1c(C)sc2c1CCN(CC(=O)NCc1ccc3c(c1)OCO3)C2c1ccccc1. The van der Waals surface area contributed by atoms with Crippen LogP contribution in [0.4, 0.5) is 0 Å². The van der Waals surface area contributed by atoms with Crippen LogP contribution in [-0.4, -0.2) is 30.7 Å². The molecule has 1 N–H and O–H groups in total. The predicted octanol–water partition coefficient (Wildman–Crippen LogP) is 4.61. The van der Waals surface area contributed by atoms with Crippen LogP contribution < -0.4 is 14.8 Å². The molecule has 2 aromatic carbocycles. The van der Waals surface area contributed by atoms with Crippen molar-refractivity contribution in [3.63, 3.8) is 0 Å². The molecule has 0 spiro atoms. The highest BCUT2D eigenvalue weighted by atomic mass is 32.1. The lowest BCUT2D eigenvalue weighted by Crippen LogP contribution is -2.42. The number of rotatable bonds is 6. The summed E-state index contributed by atoms with van der Waals surface area (Å²) in [6.45, 7) is 6.46. The summed E-state index contributed by atoms with van der Waals surface area (Å²) in [7, 11) is 0. The Hall–Kier alpha value is -2.83. The van der Waals surface area contributed by atoms with E-state index in [9.17, 15) is 4.79 Å². The third kappa shape index (κ3) is 4.00. The molecule has 3 heterocycles. The van der Waals surface area contributed by atoms with Gasteiger partial charge >= 0.3 is 0 Å². The number of nitrogens with zero attached hydrogens (tertiary/aromatic N) is 1. The molecule has 3 aromatic rings. The van der Waals surface area contributed by atoms with Crippen LogP contribution in [0.25, 0.3) is 0 Å². The lowest BCUT2D eigenvalue weighted by molar-refractivity contribution is -0.122. The summed E-state index contributed by atoms with van der Waals surface area (Å²) in [4.78, 5) is 18.1. The fourth-order valence-electron chi connectivity index (χ4n) is 4.82. The maximum absolute atomic E-state index is 12.9. The van der Waals surface area contributed by atoms with Gasteiger partial charge < -0.3 is 14.8 Å². The zero-order chi connectivity index (χ0) is 22.1. The van der Waals surface area contributed by atoms with Crippen molar-refractivity contribution in [2.45, 2.75) is 39.3 Å². The molecule has 2 aliphatic rings. The Kier molecular flexibility index (Phi) is 5.89. The van der Waals surface area contributed by atoms with E-state index < -0.39 is 0 Å². The first-order valence-corrected chi connectivity index (χ1v) is 12.0. The van der Waals surface area contributed by atoms with Gasteiger partial charge in [0.15, 0.2) is 11.5 Å². The monoisotopic (exact) mass is 448 g/mol. The summed E-state index contributed by atoms with van der Waals surface area (Å²) in [5.74, 6) is 1.54. The fraction of sp³-hybridized carbons (Fsp3) is 0.346. The van der Waals surface area contributed by atoms with Crippen molar-refractivity contribution in [1.29, 1.82) is 0 Å². The number of nitrogens with one attached hydrogen (secondary N) is 1. The van der Waals surface area contributed by atoms with E-state index in [1.807, 2.05) is 35.6 Å². The lowest BCUT2D eigenvalue weighted by Gasteiger charge is -2.36. The molecule has 0 radical (unpaired) electrons. The van der Waals surface area contributed by atoms with E-state index in [1.54, 1.807) is 0 Å². The van der Waals surface area contributed by atoms with Crippen molar-refractivity contribution in [2.75, 3.05) is 19.9 Å². The smallest absolute Gasteiger partial charge is 0.234 e. The molecule has 1 atom stereocenters. The summed E-state index contributed by atoms with van der Waals surface area (Å²) in [6, 6.07) is 16.5.